The van der Waals surface area contributed by atoms with Crippen LogP contribution in [-0.4, -0.2) is 26.0 Å². The SMILES string of the molecule is CC(C)(CNCc1cccc(C(F)(F)F)c1)S(C)(=O)=O. The van der Waals surface area contributed by atoms with Gasteiger partial charge in [-0.3, -0.25) is 0 Å². The fraction of sp³-hybridized carbons (Fsp3) is 0.538. The average Bonchev–Trinajstić information content (AvgIpc) is 2.26. The van der Waals surface area contributed by atoms with E-state index in [1.807, 2.05) is 0 Å². The summed E-state index contributed by atoms with van der Waals surface area (Å²) in [6, 6.07) is 4.96. The second-order valence-corrected chi connectivity index (χ2v) is 7.98. The van der Waals surface area contributed by atoms with Crippen LogP contribution in [0.5, 0.6) is 0 Å². The van der Waals surface area contributed by atoms with Gasteiger partial charge in [0.15, 0.2) is 9.84 Å². The molecule has 0 aliphatic rings. The Hall–Kier alpha value is -1.08. The average molecular weight is 309 g/mol. The van der Waals surface area contributed by atoms with Crippen molar-refractivity contribution in [2.24, 2.45) is 0 Å². The zero-order valence-electron chi connectivity index (χ0n) is 11.6. The normalized spacial score (nSPS) is 13.5. The molecule has 1 aromatic rings. The maximum absolute atomic E-state index is 12.5. The van der Waals surface area contributed by atoms with Crippen LogP contribution < -0.4 is 5.32 Å². The van der Waals surface area contributed by atoms with E-state index in [-0.39, 0.29) is 13.1 Å². The molecular weight excluding hydrogens is 291 g/mol. The standard InChI is InChI=1S/C13H18F3NO2S/c1-12(2,20(3,18)19)9-17-8-10-5-4-6-11(7-10)13(14,15)16/h4-7,17H,8-9H2,1-3H3. The predicted molar refractivity (Wildman–Crippen MR) is 72.1 cm³/mol. The molecule has 20 heavy (non-hydrogen) atoms. The van der Waals surface area contributed by atoms with Crippen molar-refractivity contribution in [1.29, 1.82) is 0 Å². The van der Waals surface area contributed by atoms with Gasteiger partial charge < -0.3 is 5.32 Å². The van der Waals surface area contributed by atoms with E-state index in [9.17, 15) is 21.6 Å². The molecule has 0 fully saturated rings. The molecule has 0 atom stereocenters. The lowest BCUT2D eigenvalue weighted by Crippen LogP contribution is -2.41. The molecule has 0 heterocycles. The van der Waals surface area contributed by atoms with Crippen molar-refractivity contribution in [3.8, 4) is 0 Å². The van der Waals surface area contributed by atoms with Crippen LogP contribution in [0.1, 0.15) is 25.0 Å². The van der Waals surface area contributed by atoms with E-state index in [0.717, 1.165) is 18.4 Å². The van der Waals surface area contributed by atoms with Gasteiger partial charge in [-0.05, 0) is 25.5 Å². The zero-order chi connectivity index (χ0) is 15.6. The van der Waals surface area contributed by atoms with E-state index in [1.165, 1.54) is 6.07 Å². The topological polar surface area (TPSA) is 46.2 Å². The molecule has 1 N–H and O–H groups in total. The molecule has 0 bridgehead atoms. The van der Waals surface area contributed by atoms with Gasteiger partial charge in [-0.25, -0.2) is 8.42 Å². The summed E-state index contributed by atoms with van der Waals surface area (Å²) >= 11 is 0. The summed E-state index contributed by atoms with van der Waals surface area (Å²) in [5.74, 6) is 0. The third kappa shape index (κ3) is 4.49. The third-order valence-electron chi connectivity index (χ3n) is 3.14. The van der Waals surface area contributed by atoms with Crippen molar-refractivity contribution < 1.29 is 21.6 Å². The summed E-state index contributed by atoms with van der Waals surface area (Å²) in [5.41, 5.74) is -0.247. The highest BCUT2D eigenvalue weighted by Crippen LogP contribution is 2.29. The number of benzene rings is 1. The van der Waals surface area contributed by atoms with Crippen LogP contribution in [0, 0.1) is 0 Å². The van der Waals surface area contributed by atoms with Crippen LogP contribution in [0.25, 0.3) is 0 Å². The maximum Gasteiger partial charge on any atom is 0.416 e. The Balaban J connectivity index is 2.68. The first-order chi connectivity index (χ1) is 8.93. The lowest BCUT2D eigenvalue weighted by molar-refractivity contribution is -0.137. The quantitative estimate of drug-likeness (QED) is 0.909. The van der Waals surface area contributed by atoms with Gasteiger partial charge in [0.05, 0.1) is 10.3 Å². The molecule has 0 amide bonds. The maximum atomic E-state index is 12.5. The first-order valence-corrected chi connectivity index (χ1v) is 7.89. The van der Waals surface area contributed by atoms with E-state index in [1.54, 1.807) is 19.9 Å². The van der Waals surface area contributed by atoms with Gasteiger partial charge in [0.1, 0.15) is 0 Å². The largest absolute Gasteiger partial charge is 0.416 e. The van der Waals surface area contributed by atoms with Gasteiger partial charge >= 0.3 is 6.18 Å². The van der Waals surface area contributed by atoms with Gasteiger partial charge in [0.2, 0.25) is 0 Å². The third-order valence-corrected chi connectivity index (χ3v) is 5.29. The Morgan fingerprint density at radius 2 is 1.80 bits per heavy atom. The van der Waals surface area contributed by atoms with E-state index < -0.39 is 26.3 Å². The molecule has 0 aliphatic heterocycles. The summed E-state index contributed by atoms with van der Waals surface area (Å²) in [7, 11) is -3.23. The van der Waals surface area contributed by atoms with Gasteiger partial charge in [0, 0.05) is 19.3 Å². The number of hydrogen-bond donors (Lipinski definition) is 1. The summed E-state index contributed by atoms with van der Waals surface area (Å²) in [6.07, 6.45) is -3.24. The summed E-state index contributed by atoms with van der Waals surface area (Å²) in [4.78, 5) is 0. The van der Waals surface area contributed by atoms with Crippen molar-refractivity contribution in [3.05, 3.63) is 35.4 Å². The predicted octanol–water partition coefficient (Wildman–Crippen LogP) is 2.62. The zero-order valence-corrected chi connectivity index (χ0v) is 12.4. The highest BCUT2D eigenvalue weighted by molar-refractivity contribution is 7.92. The number of rotatable bonds is 5. The van der Waals surface area contributed by atoms with Gasteiger partial charge in [0.25, 0.3) is 0 Å². The monoisotopic (exact) mass is 309 g/mol. The summed E-state index contributed by atoms with van der Waals surface area (Å²) < 4.78 is 59.6. The number of nitrogens with one attached hydrogen (secondary N) is 1. The van der Waals surface area contributed by atoms with Crippen molar-refractivity contribution in [2.45, 2.75) is 31.3 Å². The molecule has 0 aliphatic carbocycles. The van der Waals surface area contributed by atoms with Crippen molar-refractivity contribution in [2.75, 3.05) is 12.8 Å². The van der Waals surface area contributed by atoms with Crippen molar-refractivity contribution in [1.82, 2.24) is 5.32 Å². The first kappa shape index (κ1) is 17.0. The molecular formula is C13H18F3NO2S. The summed E-state index contributed by atoms with van der Waals surface area (Å²) in [5, 5.41) is 2.88. The van der Waals surface area contributed by atoms with Crippen LogP contribution in [0.2, 0.25) is 0 Å². The van der Waals surface area contributed by atoms with Gasteiger partial charge in [-0.2, -0.15) is 13.2 Å². The van der Waals surface area contributed by atoms with Gasteiger partial charge in [-0.15, -0.1) is 0 Å². The Kier molecular flexibility index (Phi) is 4.86. The second kappa shape index (κ2) is 5.73. The lowest BCUT2D eigenvalue weighted by Gasteiger charge is -2.23. The van der Waals surface area contributed by atoms with Crippen LogP contribution in [0.4, 0.5) is 13.2 Å². The highest BCUT2D eigenvalue weighted by atomic mass is 32.2. The smallest absolute Gasteiger partial charge is 0.311 e. The molecule has 7 heteroatoms. The van der Waals surface area contributed by atoms with E-state index >= 15 is 0 Å². The highest BCUT2D eigenvalue weighted by Gasteiger charge is 2.31. The molecule has 0 unspecified atom stereocenters. The Labute approximate surface area is 117 Å². The molecule has 3 nitrogen and oxygen atoms in total. The van der Waals surface area contributed by atoms with E-state index in [0.29, 0.717) is 5.56 Å². The first-order valence-electron chi connectivity index (χ1n) is 6.00. The second-order valence-electron chi connectivity index (χ2n) is 5.33. The molecule has 1 rings (SSSR count). The molecule has 0 saturated heterocycles. The molecule has 114 valence electrons. The van der Waals surface area contributed by atoms with E-state index in [4.69, 9.17) is 0 Å². The van der Waals surface area contributed by atoms with Crippen LogP contribution in [-0.2, 0) is 22.6 Å². The molecule has 0 aromatic heterocycles. The molecule has 0 radical (unpaired) electrons. The summed E-state index contributed by atoms with van der Waals surface area (Å²) in [6.45, 7) is 3.49. The minimum absolute atomic E-state index is 0.169. The van der Waals surface area contributed by atoms with Crippen LogP contribution in [0.3, 0.4) is 0 Å². The fourth-order valence-electron chi connectivity index (χ4n) is 1.50. The number of sulfone groups is 1. The lowest BCUT2D eigenvalue weighted by atomic mass is 10.1. The van der Waals surface area contributed by atoms with Crippen LogP contribution >= 0.6 is 0 Å². The minimum atomic E-state index is -4.37. The minimum Gasteiger partial charge on any atom is -0.311 e. The Bertz CT molecular complexity index is 565. The fourth-order valence-corrected chi connectivity index (χ4v) is 1.86. The van der Waals surface area contributed by atoms with E-state index in [2.05, 4.69) is 5.32 Å². The van der Waals surface area contributed by atoms with Crippen molar-refractivity contribution >= 4 is 9.84 Å². The molecule has 1 aromatic carbocycles. The van der Waals surface area contributed by atoms with Crippen LogP contribution in [0.15, 0.2) is 24.3 Å². The molecule has 0 saturated carbocycles. The Morgan fingerprint density at radius 3 is 2.30 bits per heavy atom. The Morgan fingerprint density at radius 1 is 1.20 bits per heavy atom. The molecule has 0 spiro atoms. The number of halogens is 3. The van der Waals surface area contributed by atoms with Crippen molar-refractivity contribution in [3.63, 3.8) is 0 Å². The number of hydrogen-bond acceptors (Lipinski definition) is 3. The van der Waals surface area contributed by atoms with Gasteiger partial charge in [-0.1, -0.05) is 18.2 Å². The number of alkyl halides is 3.